The average molecular weight is 450 g/mol. The van der Waals surface area contributed by atoms with Crippen LogP contribution in [0.5, 0.6) is 0 Å². The Morgan fingerprint density at radius 3 is 2.41 bits per heavy atom. The summed E-state index contributed by atoms with van der Waals surface area (Å²) in [5.41, 5.74) is 4.50. The minimum Gasteiger partial charge on any atom is -0.465 e. The van der Waals surface area contributed by atoms with Gasteiger partial charge in [0.15, 0.2) is 0 Å². The number of methoxy groups -OCH3 is 1. The van der Waals surface area contributed by atoms with Crippen LogP contribution in [0.2, 0.25) is 5.02 Å². The standard InChI is InChI=1S/C24H20ClN3O4/c1-14-11-17(15(2)27(14)19-9-7-16(8-10-19)23(30)32-3)12-21-22(29)28(24(31)26-21)20-6-4-5-18(25)13-20/h4-13H,1-3H3,(H,26,31)/b21-12-. The summed E-state index contributed by atoms with van der Waals surface area (Å²) in [6.07, 6.45) is 1.66. The van der Waals surface area contributed by atoms with Gasteiger partial charge in [-0.05, 0) is 74.0 Å². The van der Waals surface area contributed by atoms with Gasteiger partial charge < -0.3 is 14.6 Å². The zero-order valence-electron chi connectivity index (χ0n) is 17.7. The van der Waals surface area contributed by atoms with E-state index >= 15 is 0 Å². The second-order valence-corrected chi connectivity index (χ2v) is 7.75. The minimum atomic E-state index is -0.532. The molecular formula is C24H20ClN3O4. The van der Waals surface area contributed by atoms with E-state index in [1.54, 1.807) is 42.5 Å². The highest BCUT2D eigenvalue weighted by Crippen LogP contribution is 2.27. The fraction of sp³-hybridized carbons (Fsp3) is 0.125. The minimum absolute atomic E-state index is 0.177. The number of rotatable bonds is 4. The van der Waals surface area contributed by atoms with E-state index in [-0.39, 0.29) is 5.70 Å². The summed E-state index contributed by atoms with van der Waals surface area (Å²) in [6.45, 7) is 3.86. The van der Waals surface area contributed by atoms with Crippen molar-refractivity contribution in [1.29, 1.82) is 0 Å². The number of imide groups is 1. The smallest absolute Gasteiger partial charge is 0.337 e. The van der Waals surface area contributed by atoms with Crippen molar-refractivity contribution in [3.05, 3.63) is 87.8 Å². The number of ether oxygens (including phenoxy) is 1. The molecule has 0 bridgehead atoms. The Labute approximate surface area is 189 Å². The zero-order valence-corrected chi connectivity index (χ0v) is 18.4. The van der Waals surface area contributed by atoms with Crippen molar-refractivity contribution in [2.45, 2.75) is 13.8 Å². The molecule has 1 fully saturated rings. The number of benzene rings is 2. The fourth-order valence-electron chi connectivity index (χ4n) is 3.74. The number of anilines is 1. The van der Waals surface area contributed by atoms with Gasteiger partial charge in [-0.15, -0.1) is 0 Å². The number of halogens is 1. The highest BCUT2D eigenvalue weighted by Gasteiger charge is 2.35. The topological polar surface area (TPSA) is 80.6 Å². The van der Waals surface area contributed by atoms with Gasteiger partial charge in [-0.25, -0.2) is 14.5 Å². The monoisotopic (exact) mass is 449 g/mol. The largest absolute Gasteiger partial charge is 0.465 e. The maximum Gasteiger partial charge on any atom is 0.337 e. The van der Waals surface area contributed by atoms with Crippen LogP contribution in [-0.4, -0.2) is 29.6 Å². The van der Waals surface area contributed by atoms with Crippen LogP contribution in [0.25, 0.3) is 11.8 Å². The highest BCUT2D eigenvalue weighted by atomic mass is 35.5. The fourth-order valence-corrected chi connectivity index (χ4v) is 3.92. The van der Waals surface area contributed by atoms with Gasteiger partial charge in [0.25, 0.3) is 5.91 Å². The van der Waals surface area contributed by atoms with Crippen molar-refractivity contribution in [3.8, 4) is 5.69 Å². The maximum atomic E-state index is 12.9. The molecule has 4 rings (SSSR count). The molecule has 0 atom stereocenters. The molecule has 0 aliphatic carbocycles. The summed E-state index contributed by atoms with van der Waals surface area (Å²) < 4.78 is 6.75. The second kappa shape index (κ2) is 8.36. The van der Waals surface area contributed by atoms with E-state index < -0.39 is 17.9 Å². The van der Waals surface area contributed by atoms with E-state index in [2.05, 4.69) is 5.32 Å². The molecule has 0 spiro atoms. The van der Waals surface area contributed by atoms with Crippen LogP contribution in [-0.2, 0) is 9.53 Å². The number of nitrogens with one attached hydrogen (secondary N) is 1. The molecule has 0 radical (unpaired) electrons. The second-order valence-electron chi connectivity index (χ2n) is 7.31. The van der Waals surface area contributed by atoms with Crippen molar-refractivity contribution in [1.82, 2.24) is 9.88 Å². The molecule has 3 aromatic rings. The van der Waals surface area contributed by atoms with Gasteiger partial charge >= 0.3 is 12.0 Å². The van der Waals surface area contributed by atoms with Gasteiger partial charge in [-0.2, -0.15) is 0 Å². The summed E-state index contributed by atoms with van der Waals surface area (Å²) in [7, 11) is 1.34. The van der Waals surface area contributed by atoms with Crippen LogP contribution in [0, 0.1) is 13.8 Å². The van der Waals surface area contributed by atoms with E-state index in [9.17, 15) is 14.4 Å². The SMILES string of the molecule is COC(=O)c1ccc(-n2c(C)cc(/C=C3\NC(=O)N(c4cccc(Cl)c4)C3=O)c2C)cc1. The highest BCUT2D eigenvalue weighted by molar-refractivity contribution is 6.32. The number of amides is 3. The van der Waals surface area contributed by atoms with Gasteiger partial charge in [-0.1, -0.05) is 17.7 Å². The van der Waals surface area contributed by atoms with Crippen LogP contribution >= 0.6 is 11.6 Å². The molecule has 32 heavy (non-hydrogen) atoms. The maximum absolute atomic E-state index is 12.9. The third kappa shape index (κ3) is 3.78. The van der Waals surface area contributed by atoms with Gasteiger partial charge in [0.05, 0.1) is 18.4 Å². The quantitative estimate of drug-likeness (QED) is 0.357. The Kier molecular flexibility index (Phi) is 5.59. The molecule has 0 saturated carbocycles. The van der Waals surface area contributed by atoms with Crippen molar-refractivity contribution in [2.75, 3.05) is 12.0 Å². The first-order valence-electron chi connectivity index (χ1n) is 9.80. The molecule has 1 saturated heterocycles. The first-order valence-corrected chi connectivity index (χ1v) is 10.2. The number of carbonyl (C=O) groups is 3. The van der Waals surface area contributed by atoms with Gasteiger partial charge in [0.2, 0.25) is 0 Å². The lowest BCUT2D eigenvalue weighted by Crippen LogP contribution is -2.30. The van der Waals surface area contributed by atoms with E-state index in [4.69, 9.17) is 16.3 Å². The molecule has 162 valence electrons. The van der Waals surface area contributed by atoms with Crippen molar-refractivity contribution in [2.24, 2.45) is 0 Å². The number of hydrogen-bond acceptors (Lipinski definition) is 4. The summed E-state index contributed by atoms with van der Waals surface area (Å²) >= 11 is 6.01. The molecule has 1 aromatic heterocycles. The number of hydrogen-bond donors (Lipinski definition) is 1. The van der Waals surface area contributed by atoms with Crippen molar-refractivity contribution in [3.63, 3.8) is 0 Å². The molecule has 0 unspecified atom stereocenters. The third-order valence-electron chi connectivity index (χ3n) is 5.26. The number of carbonyl (C=O) groups excluding carboxylic acids is 3. The molecular weight excluding hydrogens is 430 g/mol. The van der Waals surface area contributed by atoms with Crippen molar-refractivity contribution >= 4 is 41.3 Å². The Bertz CT molecular complexity index is 1270. The van der Waals surface area contributed by atoms with Crippen LogP contribution in [0.1, 0.15) is 27.3 Å². The number of esters is 1. The average Bonchev–Trinajstić information content (AvgIpc) is 3.21. The molecule has 1 aliphatic heterocycles. The predicted molar refractivity (Wildman–Crippen MR) is 122 cm³/mol. The Morgan fingerprint density at radius 2 is 1.75 bits per heavy atom. The molecule has 2 heterocycles. The lowest BCUT2D eigenvalue weighted by molar-refractivity contribution is -0.113. The number of nitrogens with zero attached hydrogens (tertiary/aromatic N) is 2. The molecule has 2 aromatic carbocycles. The van der Waals surface area contributed by atoms with Gasteiger partial charge in [0.1, 0.15) is 5.70 Å². The number of urea groups is 1. The third-order valence-corrected chi connectivity index (χ3v) is 5.50. The van der Waals surface area contributed by atoms with Crippen LogP contribution in [0.15, 0.2) is 60.3 Å². The molecule has 3 amide bonds. The summed E-state index contributed by atoms with van der Waals surface area (Å²) in [5, 5.41) is 3.07. The van der Waals surface area contributed by atoms with E-state index in [1.807, 2.05) is 36.6 Å². The van der Waals surface area contributed by atoms with Crippen molar-refractivity contribution < 1.29 is 19.1 Å². The molecule has 1 aliphatic rings. The Hall–Kier alpha value is -3.84. The van der Waals surface area contributed by atoms with Crippen LogP contribution in [0.3, 0.4) is 0 Å². The summed E-state index contributed by atoms with van der Waals surface area (Å²) in [5.74, 6) is -0.854. The van der Waals surface area contributed by atoms with E-state index in [0.29, 0.717) is 16.3 Å². The van der Waals surface area contributed by atoms with Crippen LogP contribution < -0.4 is 10.2 Å². The first-order chi connectivity index (χ1) is 15.3. The Morgan fingerprint density at radius 1 is 1.03 bits per heavy atom. The van der Waals surface area contributed by atoms with E-state index in [0.717, 1.165) is 27.5 Å². The molecule has 7 nitrogen and oxygen atoms in total. The van der Waals surface area contributed by atoms with Gasteiger partial charge in [-0.3, -0.25) is 4.79 Å². The zero-order chi connectivity index (χ0) is 23.0. The normalized spacial score (nSPS) is 14.8. The lowest BCUT2D eigenvalue weighted by atomic mass is 10.2. The molecule has 1 N–H and O–H groups in total. The summed E-state index contributed by atoms with van der Waals surface area (Å²) in [4.78, 5) is 38.1. The van der Waals surface area contributed by atoms with E-state index in [1.165, 1.54) is 7.11 Å². The first kappa shape index (κ1) is 21.4. The van der Waals surface area contributed by atoms with Crippen LogP contribution in [0.4, 0.5) is 10.5 Å². The number of aryl methyl sites for hydroxylation is 1. The predicted octanol–water partition coefficient (Wildman–Crippen LogP) is 4.63. The summed E-state index contributed by atoms with van der Waals surface area (Å²) in [6, 6.07) is 15.0. The Balaban J connectivity index is 1.66. The van der Waals surface area contributed by atoms with Gasteiger partial charge in [0, 0.05) is 22.1 Å². The lowest BCUT2D eigenvalue weighted by Gasteiger charge is -2.11. The number of aromatic nitrogens is 1. The molecule has 8 heteroatoms.